The van der Waals surface area contributed by atoms with Crippen LogP contribution in [0.3, 0.4) is 0 Å². The molecule has 0 spiro atoms. The van der Waals surface area contributed by atoms with Crippen molar-refractivity contribution in [1.29, 1.82) is 0 Å². The molecule has 2 aromatic heterocycles. The Morgan fingerprint density at radius 1 is 1.10 bits per heavy atom. The molecule has 0 saturated heterocycles. The molecule has 7 nitrogen and oxygen atoms in total. The van der Waals surface area contributed by atoms with Gasteiger partial charge in [-0.2, -0.15) is 0 Å². The van der Waals surface area contributed by atoms with Crippen molar-refractivity contribution in [1.82, 2.24) is 15.0 Å². The van der Waals surface area contributed by atoms with Crippen molar-refractivity contribution in [3.8, 4) is 11.5 Å². The summed E-state index contributed by atoms with van der Waals surface area (Å²) in [5, 5.41) is 4.06. The number of benzene rings is 2. The second-order valence-corrected chi connectivity index (χ2v) is 7.32. The maximum absolute atomic E-state index is 14.2. The van der Waals surface area contributed by atoms with E-state index in [0.717, 1.165) is 0 Å². The van der Waals surface area contributed by atoms with Crippen LogP contribution in [-0.2, 0) is 6.61 Å². The van der Waals surface area contributed by atoms with Gasteiger partial charge < -0.3 is 19.8 Å². The highest BCUT2D eigenvalue weighted by Crippen LogP contribution is 2.35. The molecule has 0 aliphatic rings. The number of hydrogen-bond acceptors (Lipinski definition) is 6. The van der Waals surface area contributed by atoms with Crippen LogP contribution in [0.4, 0.5) is 15.9 Å². The molecular weight excluding hydrogens is 446 g/mol. The number of aromatic nitrogens is 3. The lowest BCUT2D eigenvalue weighted by atomic mass is 10.2. The number of H-pyrrole nitrogens is 1. The van der Waals surface area contributed by atoms with Gasteiger partial charge in [0.15, 0.2) is 11.5 Å². The van der Waals surface area contributed by atoms with E-state index in [2.05, 4.69) is 20.3 Å². The lowest BCUT2D eigenvalue weighted by molar-refractivity contribution is 0.285. The van der Waals surface area contributed by atoms with Crippen LogP contribution in [0.5, 0.6) is 11.5 Å². The molecule has 4 aromatic rings. The molecule has 0 atom stereocenters. The fraction of sp³-hybridized carbons (Fsp3) is 0.0952. The number of anilines is 2. The predicted molar refractivity (Wildman–Crippen MR) is 117 cm³/mol. The van der Waals surface area contributed by atoms with E-state index < -0.39 is 5.82 Å². The van der Waals surface area contributed by atoms with Gasteiger partial charge in [-0.3, -0.25) is 4.79 Å². The van der Waals surface area contributed by atoms with Gasteiger partial charge in [0.1, 0.15) is 29.7 Å². The number of nitrogens with zero attached hydrogens (tertiary/aromatic N) is 2. The van der Waals surface area contributed by atoms with Gasteiger partial charge in [-0.1, -0.05) is 23.2 Å². The molecular formula is C21H15Cl2FN4O3. The first-order chi connectivity index (χ1) is 14.9. The molecule has 4 rings (SSSR count). The number of ether oxygens (including phenoxy) is 2. The molecule has 2 heterocycles. The zero-order valence-electron chi connectivity index (χ0n) is 16.1. The molecule has 0 saturated carbocycles. The van der Waals surface area contributed by atoms with Gasteiger partial charge in [0.05, 0.1) is 18.3 Å². The van der Waals surface area contributed by atoms with Crippen LogP contribution in [0, 0.1) is 5.82 Å². The molecule has 10 heteroatoms. The fourth-order valence-corrected chi connectivity index (χ4v) is 3.35. The summed E-state index contributed by atoms with van der Waals surface area (Å²) in [5.41, 5.74) is 1.04. The number of pyridine rings is 1. The molecule has 0 bridgehead atoms. The van der Waals surface area contributed by atoms with Crippen LogP contribution < -0.4 is 20.3 Å². The molecule has 0 fully saturated rings. The summed E-state index contributed by atoms with van der Waals surface area (Å²) in [4.78, 5) is 22.5. The van der Waals surface area contributed by atoms with Crippen molar-refractivity contribution in [3.05, 3.63) is 80.7 Å². The Morgan fingerprint density at radius 3 is 2.68 bits per heavy atom. The Kier molecular flexibility index (Phi) is 5.92. The second kappa shape index (κ2) is 8.79. The minimum Gasteiger partial charge on any atom is -0.493 e. The van der Waals surface area contributed by atoms with E-state index in [0.29, 0.717) is 38.8 Å². The summed E-state index contributed by atoms with van der Waals surface area (Å²) in [6.45, 7) is 0.0949. The first kappa shape index (κ1) is 20.9. The van der Waals surface area contributed by atoms with Crippen molar-refractivity contribution in [2.24, 2.45) is 0 Å². The number of hydrogen-bond donors (Lipinski definition) is 2. The minimum atomic E-state index is -0.511. The maximum atomic E-state index is 14.2. The Labute approximate surface area is 185 Å². The third kappa shape index (κ3) is 4.70. The SMILES string of the molecule is COc1cc2c(Nc3ccc(Cl)cc3F)ncnc2cc1OCc1cc(Cl)[nH]c(=O)c1. The van der Waals surface area contributed by atoms with Crippen molar-refractivity contribution >= 4 is 45.6 Å². The van der Waals surface area contributed by atoms with Crippen LogP contribution in [0.2, 0.25) is 10.2 Å². The van der Waals surface area contributed by atoms with Gasteiger partial charge in [0.2, 0.25) is 5.56 Å². The molecule has 0 unspecified atom stereocenters. The fourth-order valence-electron chi connectivity index (χ4n) is 2.96. The monoisotopic (exact) mass is 460 g/mol. The molecule has 2 N–H and O–H groups in total. The number of rotatable bonds is 6. The van der Waals surface area contributed by atoms with Gasteiger partial charge >= 0.3 is 0 Å². The van der Waals surface area contributed by atoms with Crippen LogP contribution in [-0.4, -0.2) is 22.1 Å². The molecule has 31 heavy (non-hydrogen) atoms. The van der Waals surface area contributed by atoms with Crippen molar-refractivity contribution in [3.63, 3.8) is 0 Å². The Morgan fingerprint density at radius 2 is 1.94 bits per heavy atom. The van der Waals surface area contributed by atoms with Gasteiger partial charge in [-0.25, -0.2) is 14.4 Å². The zero-order valence-corrected chi connectivity index (χ0v) is 17.6. The number of halogens is 3. The lowest BCUT2D eigenvalue weighted by Crippen LogP contribution is -2.07. The van der Waals surface area contributed by atoms with Crippen molar-refractivity contribution < 1.29 is 13.9 Å². The summed E-state index contributed by atoms with van der Waals surface area (Å²) in [6.07, 6.45) is 1.35. The molecule has 158 valence electrons. The van der Waals surface area contributed by atoms with Gasteiger partial charge in [0, 0.05) is 22.5 Å². The molecule has 0 radical (unpaired) electrons. The highest BCUT2D eigenvalue weighted by Gasteiger charge is 2.13. The Hall–Kier alpha value is -3.36. The summed E-state index contributed by atoms with van der Waals surface area (Å²) in [7, 11) is 1.49. The molecule has 0 amide bonds. The molecule has 2 aromatic carbocycles. The summed E-state index contributed by atoms with van der Waals surface area (Å²) >= 11 is 11.7. The normalized spacial score (nSPS) is 10.8. The van der Waals surface area contributed by atoms with E-state index >= 15 is 0 Å². The number of fused-ring (bicyclic) bond motifs is 1. The third-order valence-corrected chi connectivity index (χ3v) is 4.81. The summed E-state index contributed by atoms with van der Waals surface area (Å²) in [6, 6.07) is 10.7. The van der Waals surface area contributed by atoms with E-state index in [-0.39, 0.29) is 23.0 Å². The Bertz CT molecular complexity index is 1330. The smallest absolute Gasteiger partial charge is 0.249 e. The number of aromatic amines is 1. The topological polar surface area (TPSA) is 89.1 Å². The highest BCUT2D eigenvalue weighted by atomic mass is 35.5. The zero-order chi connectivity index (χ0) is 22.0. The van der Waals surface area contributed by atoms with Crippen LogP contribution in [0.25, 0.3) is 10.9 Å². The van der Waals surface area contributed by atoms with E-state index in [4.69, 9.17) is 32.7 Å². The number of methoxy groups -OCH3 is 1. The van der Waals surface area contributed by atoms with Gasteiger partial charge in [0.25, 0.3) is 0 Å². The lowest BCUT2D eigenvalue weighted by Gasteiger charge is -2.14. The summed E-state index contributed by atoms with van der Waals surface area (Å²) < 4.78 is 25.5. The quantitative estimate of drug-likeness (QED) is 0.389. The minimum absolute atomic E-state index is 0.0949. The second-order valence-electron chi connectivity index (χ2n) is 6.48. The average molecular weight is 461 g/mol. The number of nitrogens with one attached hydrogen (secondary N) is 2. The van der Waals surface area contributed by atoms with Crippen molar-refractivity contribution in [2.45, 2.75) is 6.61 Å². The standard InChI is InChI=1S/C21H15Cl2FN4O3/c1-30-17-7-13-16(8-18(17)31-9-11-4-19(23)28-20(29)5-11)25-10-26-21(13)27-15-3-2-12(22)6-14(15)24/h2-8,10H,9H2,1H3,(H,28,29)(H,25,26,27). The first-order valence-corrected chi connectivity index (χ1v) is 9.75. The van der Waals surface area contributed by atoms with E-state index in [9.17, 15) is 9.18 Å². The summed E-state index contributed by atoms with van der Waals surface area (Å²) in [5.74, 6) is 0.701. The molecule has 0 aliphatic heterocycles. The highest BCUT2D eigenvalue weighted by molar-refractivity contribution is 6.30. The van der Waals surface area contributed by atoms with Gasteiger partial charge in [-0.05, 0) is 35.9 Å². The van der Waals surface area contributed by atoms with E-state index in [1.54, 1.807) is 24.3 Å². The Balaban J connectivity index is 1.67. The van der Waals surface area contributed by atoms with E-state index in [1.807, 2.05) is 0 Å². The predicted octanol–water partition coefficient (Wildman–Crippen LogP) is 5.10. The van der Waals surface area contributed by atoms with Crippen LogP contribution in [0.1, 0.15) is 5.56 Å². The van der Waals surface area contributed by atoms with Crippen molar-refractivity contribution in [2.75, 3.05) is 12.4 Å². The van der Waals surface area contributed by atoms with Crippen LogP contribution in [0.15, 0.2) is 53.6 Å². The maximum Gasteiger partial charge on any atom is 0.249 e. The van der Waals surface area contributed by atoms with E-state index in [1.165, 1.54) is 31.6 Å². The van der Waals surface area contributed by atoms with Gasteiger partial charge in [-0.15, -0.1) is 0 Å². The molecule has 0 aliphatic carbocycles. The largest absolute Gasteiger partial charge is 0.493 e. The third-order valence-electron chi connectivity index (χ3n) is 4.37. The first-order valence-electron chi connectivity index (χ1n) is 8.99. The van der Waals surface area contributed by atoms with Crippen LogP contribution >= 0.6 is 23.2 Å². The average Bonchev–Trinajstić information content (AvgIpc) is 2.73.